The van der Waals surface area contributed by atoms with Gasteiger partial charge in [-0.1, -0.05) is 13.8 Å². The highest BCUT2D eigenvalue weighted by Crippen LogP contribution is 2.10. The van der Waals surface area contributed by atoms with Crippen LogP contribution in [0, 0.1) is 5.92 Å². The van der Waals surface area contributed by atoms with Gasteiger partial charge in [-0.25, -0.2) is 0 Å². The number of carbonyl (C=O) groups is 2. The second-order valence-corrected chi connectivity index (χ2v) is 6.53. The molecule has 0 aliphatic rings. The SMILES string of the molecule is CC(C)CCC(C)NC(=O)CCC(=O)OC(C)(C)C. The Kier molecular flexibility index (Phi) is 7.72. The molecule has 112 valence electrons. The Morgan fingerprint density at radius 1 is 1.05 bits per heavy atom. The number of hydrogen-bond donors (Lipinski definition) is 1. The fourth-order valence-electron chi connectivity index (χ4n) is 1.61. The van der Waals surface area contributed by atoms with Gasteiger partial charge in [0, 0.05) is 12.5 Å². The first kappa shape index (κ1) is 17.9. The molecule has 0 aliphatic carbocycles. The topological polar surface area (TPSA) is 55.4 Å². The summed E-state index contributed by atoms with van der Waals surface area (Å²) in [5.41, 5.74) is -0.488. The third-order valence-electron chi connectivity index (χ3n) is 2.56. The molecule has 0 rings (SSSR count). The third-order valence-corrected chi connectivity index (χ3v) is 2.56. The molecule has 4 nitrogen and oxygen atoms in total. The van der Waals surface area contributed by atoms with Gasteiger partial charge in [-0.15, -0.1) is 0 Å². The standard InChI is InChI=1S/C15H29NO3/c1-11(2)7-8-12(3)16-13(17)9-10-14(18)19-15(4,5)6/h11-12H,7-10H2,1-6H3,(H,16,17). The number of nitrogens with one attached hydrogen (secondary N) is 1. The molecule has 0 fully saturated rings. The monoisotopic (exact) mass is 271 g/mol. The minimum absolute atomic E-state index is 0.0814. The first-order valence-electron chi connectivity index (χ1n) is 7.11. The summed E-state index contributed by atoms with van der Waals surface area (Å²) in [5.74, 6) is 0.237. The van der Waals surface area contributed by atoms with Crippen LogP contribution in [0.1, 0.15) is 67.2 Å². The maximum absolute atomic E-state index is 11.6. The van der Waals surface area contributed by atoms with Crippen molar-refractivity contribution < 1.29 is 14.3 Å². The molecule has 19 heavy (non-hydrogen) atoms. The summed E-state index contributed by atoms with van der Waals surface area (Å²) in [6.45, 7) is 11.8. The molecule has 1 N–H and O–H groups in total. The predicted molar refractivity (Wildman–Crippen MR) is 76.8 cm³/mol. The van der Waals surface area contributed by atoms with Crippen molar-refractivity contribution in [3.8, 4) is 0 Å². The van der Waals surface area contributed by atoms with Crippen molar-refractivity contribution in [1.82, 2.24) is 5.32 Å². The molecule has 0 radical (unpaired) electrons. The largest absolute Gasteiger partial charge is 0.460 e. The van der Waals surface area contributed by atoms with Crippen LogP contribution in [-0.2, 0) is 14.3 Å². The molecule has 0 aromatic rings. The molecule has 0 aromatic heterocycles. The van der Waals surface area contributed by atoms with Gasteiger partial charge >= 0.3 is 5.97 Å². The number of amides is 1. The summed E-state index contributed by atoms with van der Waals surface area (Å²) in [7, 11) is 0. The Hall–Kier alpha value is -1.06. The third kappa shape index (κ3) is 11.7. The summed E-state index contributed by atoms with van der Waals surface area (Å²) in [4.78, 5) is 23.1. The van der Waals surface area contributed by atoms with Gasteiger partial charge in [-0.2, -0.15) is 0 Å². The van der Waals surface area contributed by atoms with E-state index in [0.717, 1.165) is 12.8 Å². The molecular weight excluding hydrogens is 242 g/mol. The lowest BCUT2D eigenvalue weighted by Gasteiger charge is -2.19. The summed E-state index contributed by atoms with van der Waals surface area (Å²) < 4.78 is 5.15. The van der Waals surface area contributed by atoms with Crippen molar-refractivity contribution in [3.05, 3.63) is 0 Å². The van der Waals surface area contributed by atoms with E-state index in [9.17, 15) is 9.59 Å². The molecular formula is C15H29NO3. The smallest absolute Gasteiger partial charge is 0.306 e. The summed E-state index contributed by atoms with van der Waals surface area (Å²) >= 11 is 0. The number of ether oxygens (including phenoxy) is 1. The highest BCUT2D eigenvalue weighted by atomic mass is 16.6. The van der Waals surface area contributed by atoms with E-state index in [1.165, 1.54) is 0 Å². The molecule has 0 saturated carbocycles. The fraction of sp³-hybridized carbons (Fsp3) is 0.867. The number of rotatable bonds is 7. The lowest BCUT2D eigenvalue weighted by Crippen LogP contribution is -2.33. The Labute approximate surface area is 117 Å². The summed E-state index contributed by atoms with van der Waals surface area (Å²) in [5, 5.41) is 2.91. The maximum Gasteiger partial charge on any atom is 0.306 e. The van der Waals surface area contributed by atoms with Gasteiger partial charge in [0.1, 0.15) is 5.60 Å². The van der Waals surface area contributed by atoms with Crippen LogP contribution >= 0.6 is 0 Å². The van der Waals surface area contributed by atoms with Crippen LogP contribution in [0.25, 0.3) is 0 Å². The average Bonchev–Trinajstić information content (AvgIpc) is 2.21. The van der Waals surface area contributed by atoms with Gasteiger partial charge in [0.15, 0.2) is 0 Å². The molecule has 0 heterocycles. The molecule has 0 saturated heterocycles. The first-order valence-corrected chi connectivity index (χ1v) is 7.11. The predicted octanol–water partition coefficient (Wildman–Crippen LogP) is 3.05. The van der Waals surface area contributed by atoms with Crippen molar-refractivity contribution in [2.45, 2.75) is 78.9 Å². The van der Waals surface area contributed by atoms with E-state index in [4.69, 9.17) is 4.74 Å². The summed E-state index contributed by atoms with van der Waals surface area (Å²) in [6.07, 6.45) is 2.39. The Morgan fingerprint density at radius 2 is 1.63 bits per heavy atom. The Morgan fingerprint density at radius 3 is 2.11 bits per heavy atom. The molecule has 0 bridgehead atoms. The van der Waals surface area contributed by atoms with Crippen LogP contribution in [0.2, 0.25) is 0 Å². The number of hydrogen-bond acceptors (Lipinski definition) is 3. The number of esters is 1. The van der Waals surface area contributed by atoms with Crippen molar-refractivity contribution in [2.75, 3.05) is 0 Å². The highest BCUT2D eigenvalue weighted by Gasteiger charge is 2.17. The summed E-state index contributed by atoms with van der Waals surface area (Å²) in [6, 6.07) is 0.161. The molecule has 0 spiro atoms. The quantitative estimate of drug-likeness (QED) is 0.724. The molecule has 0 aromatic carbocycles. The van der Waals surface area contributed by atoms with Crippen molar-refractivity contribution in [2.24, 2.45) is 5.92 Å². The van der Waals surface area contributed by atoms with E-state index in [2.05, 4.69) is 19.2 Å². The zero-order chi connectivity index (χ0) is 15.1. The van der Waals surface area contributed by atoms with E-state index >= 15 is 0 Å². The Bertz CT molecular complexity index is 292. The van der Waals surface area contributed by atoms with E-state index in [1.54, 1.807) is 0 Å². The second kappa shape index (κ2) is 8.18. The number of carbonyl (C=O) groups excluding carboxylic acids is 2. The minimum atomic E-state index is -0.488. The van der Waals surface area contributed by atoms with Crippen molar-refractivity contribution >= 4 is 11.9 Å². The van der Waals surface area contributed by atoms with Gasteiger partial charge < -0.3 is 10.1 Å². The Balaban J connectivity index is 3.83. The van der Waals surface area contributed by atoms with Crippen molar-refractivity contribution in [3.63, 3.8) is 0 Å². The van der Waals surface area contributed by atoms with E-state index < -0.39 is 5.60 Å². The van der Waals surface area contributed by atoms with Gasteiger partial charge in [-0.05, 0) is 46.5 Å². The van der Waals surface area contributed by atoms with Crippen LogP contribution in [0.5, 0.6) is 0 Å². The highest BCUT2D eigenvalue weighted by molar-refractivity contribution is 5.81. The van der Waals surface area contributed by atoms with Crippen LogP contribution in [0.3, 0.4) is 0 Å². The molecule has 1 atom stereocenters. The molecule has 0 aliphatic heterocycles. The molecule has 1 unspecified atom stereocenters. The van der Waals surface area contributed by atoms with E-state index in [0.29, 0.717) is 5.92 Å². The molecule has 1 amide bonds. The fourth-order valence-corrected chi connectivity index (χ4v) is 1.61. The zero-order valence-corrected chi connectivity index (χ0v) is 13.2. The normalized spacial score (nSPS) is 13.2. The van der Waals surface area contributed by atoms with Gasteiger partial charge in [0.05, 0.1) is 6.42 Å². The lowest BCUT2D eigenvalue weighted by molar-refractivity contribution is -0.155. The van der Waals surface area contributed by atoms with Crippen LogP contribution in [-0.4, -0.2) is 23.5 Å². The maximum atomic E-state index is 11.6. The minimum Gasteiger partial charge on any atom is -0.460 e. The molecule has 4 heteroatoms. The lowest BCUT2D eigenvalue weighted by atomic mass is 10.0. The average molecular weight is 271 g/mol. The first-order chi connectivity index (χ1) is 8.60. The van der Waals surface area contributed by atoms with Gasteiger partial charge in [0.25, 0.3) is 0 Å². The zero-order valence-electron chi connectivity index (χ0n) is 13.2. The van der Waals surface area contributed by atoms with Crippen LogP contribution < -0.4 is 5.32 Å². The van der Waals surface area contributed by atoms with Crippen LogP contribution in [0.4, 0.5) is 0 Å². The van der Waals surface area contributed by atoms with Crippen molar-refractivity contribution in [1.29, 1.82) is 0 Å². The van der Waals surface area contributed by atoms with Gasteiger partial charge in [-0.3, -0.25) is 9.59 Å². The van der Waals surface area contributed by atoms with E-state index in [-0.39, 0.29) is 30.8 Å². The van der Waals surface area contributed by atoms with E-state index in [1.807, 2.05) is 27.7 Å². The van der Waals surface area contributed by atoms with Gasteiger partial charge in [0.2, 0.25) is 5.91 Å². The van der Waals surface area contributed by atoms with Crippen LogP contribution in [0.15, 0.2) is 0 Å². The second-order valence-electron chi connectivity index (χ2n) is 6.53.